The zero-order chi connectivity index (χ0) is 13.2. The third-order valence-electron chi connectivity index (χ3n) is 3.56. The maximum absolute atomic E-state index is 12.1. The molecule has 0 aliphatic heterocycles. The average Bonchev–Trinajstić information content (AvgIpc) is 3.10. The number of hydrogen-bond donors (Lipinski definition) is 2. The molecule has 1 aromatic carbocycles. The first-order valence-electron chi connectivity index (χ1n) is 6.33. The van der Waals surface area contributed by atoms with Gasteiger partial charge < -0.3 is 5.32 Å². The van der Waals surface area contributed by atoms with Crippen LogP contribution in [0.5, 0.6) is 0 Å². The highest BCUT2D eigenvalue weighted by molar-refractivity contribution is 7.80. The van der Waals surface area contributed by atoms with Crippen LogP contribution in [0.25, 0.3) is 0 Å². The molecule has 1 aliphatic carbocycles. The van der Waals surface area contributed by atoms with Crippen LogP contribution in [0.2, 0.25) is 5.02 Å². The Kier molecular flexibility index (Phi) is 4.23. The quantitative estimate of drug-likeness (QED) is 0.788. The summed E-state index contributed by atoms with van der Waals surface area (Å²) in [7, 11) is 0. The molecule has 1 aliphatic rings. The molecule has 0 radical (unpaired) electrons. The fraction of sp³-hybridized carbons (Fsp3) is 0.500. The standard InChI is InChI=1S/C14H18ClNOS/c1-2-5-14(6-7-14)9-16-13(17)11-8-10(18)3-4-12(11)15/h3-4,8,18H,2,5-7,9H2,1H3,(H,16,17). The van der Waals surface area contributed by atoms with Gasteiger partial charge in [-0.05, 0) is 42.9 Å². The number of thiol groups is 1. The van der Waals surface area contributed by atoms with Crippen LogP contribution in [0, 0.1) is 5.41 Å². The van der Waals surface area contributed by atoms with E-state index < -0.39 is 0 Å². The molecule has 0 unspecified atom stereocenters. The second-order valence-electron chi connectivity index (χ2n) is 5.10. The van der Waals surface area contributed by atoms with E-state index in [1.54, 1.807) is 18.2 Å². The van der Waals surface area contributed by atoms with Crippen molar-refractivity contribution in [2.24, 2.45) is 5.41 Å². The van der Waals surface area contributed by atoms with Gasteiger partial charge in [0.2, 0.25) is 0 Å². The lowest BCUT2D eigenvalue weighted by Crippen LogP contribution is -2.30. The highest BCUT2D eigenvalue weighted by Crippen LogP contribution is 2.48. The van der Waals surface area contributed by atoms with E-state index in [2.05, 4.69) is 24.9 Å². The number of hydrogen-bond acceptors (Lipinski definition) is 2. The van der Waals surface area contributed by atoms with Crippen molar-refractivity contribution >= 4 is 30.1 Å². The normalized spacial score (nSPS) is 16.4. The van der Waals surface area contributed by atoms with Crippen LogP contribution in [-0.2, 0) is 0 Å². The van der Waals surface area contributed by atoms with Gasteiger partial charge in [0.25, 0.3) is 5.91 Å². The van der Waals surface area contributed by atoms with Gasteiger partial charge in [0, 0.05) is 11.4 Å². The molecule has 2 rings (SSSR count). The lowest BCUT2D eigenvalue weighted by atomic mass is 10.0. The molecule has 98 valence electrons. The molecule has 0 atom stereocenters. The van der Waals surface area contributed by atoms with Gasteiger partial charge >= 0.3 is 0 Å². The molecule has 0 bridgehead atoms. The van der Waals surface area contributed by atoms with E-state index in [-0.39, 0.29) is 5.91 Å². The lowest BCUT2D eigenvalue weighted by Gasteiger charge is -2.15. The van der Waals surface area contributed by atoms with Gasteiger partial charge in [-0.15, -0.1) is 12.6 Å². The Labute approximate surface area is 119 Å². The fourth-order valence-corrected chi connectivity index (χ4v) is 2.68. The molecule has 4 heteroatoms. The predicted molar refractivity (Wildman–Crippen MR) is 77.6 cm³/mol. The fourth-order valence-electron chi connectivity index (χ4n) is 2.27. The SMILES string of the molecule is CCCC1(CNC(=O)c2cc(S)ccc2Cl)CC1. The van der Waals surface area contributed by atoms with E-state index in [9.17, 15) is 4.79 Å². The molecule has 0 spiro atoms. The number of carbonyl (C=O) groups is 1. The number of benzene rings is 1. The first-order valence-corrected chi connectivity index (χ1v) is 7.15. The van der Waals surface area contributed by atoms with Gasteiger partial charge in [-0.25, -0.2) is 0 Å². The number of nitrogens with one attached hydrogen (secondary N) is 1. The molecule has 0 heterocycles. The lowest BCUT2D eigenvalue weighted by molar-refractivity contribution is 0.0943. The summed E-state index contributed by atoms with van der Waals surface area (Å²) in [5, 5.41) is 3.47. The molecule has 1 fully saturated rings. The van der Waals surface area contributed by atoms with Gasteiger partial charge in [0.1, 0.15) is 0 Å². The second-order valence-corrected chi connectivity index (χ2v) is 6.02. The Balaban J connectivity index is 1.98. The van der Waals surface area contributed by atoms with Crippen molar-refractivity contribution in [2.75, 3.05) is 6.54 Å². The second kappa shape index (κ2) is 5.54. The van der Waals surface area contributed by atoms with Crippen LogP contribution >= 0.6 is 24.2 Å². The van der Waals surface area contributed by atoms with E-state index in [1.165, 1.54) is 25.7 Å². The number of rotatable bonds is 5. The first-order chi connectivity index (χ1) is 8.56. The van der Waals surface area contributed by atoms with Crippen molar-refractivity contribution in [2.45, 2.75) is 37.5 Å². The maximum Gasteiger partial charge on any atom is 0.252 e. The predicted octanol–water partition coefficient (Wildman–Crippen LogP) is 3.94. The van der Waals surface area contributed by atoms with Crippen molar-refractivity contribution in [1.29, 1.82) is 0 Å². The Morgan fingerprint density at radius 3 is 2.83 bits per heavy atom. The summed E-state index contributed by atoms with van der Waals surface area (Å²) < 4.78 is 0. The Hall–Kier alpha value is -0.670. The first kappa shape index (κ1) is 13.8. The Morgan fingerprint density at radius 2 is 2.22 bits per heavy atom. The van der Waals surface area contributed by atoms with Crippen molar-refractivity contribution < 1.29 is 4.79 Å². The van der Waals surface area contributed by atoms with Crippen LogP contribution in [0.15, 0.2) is 23.1 Å². The van der Waals surface area contributed by atoms with Gasteiger partial charge in [0.05, 0.1) is 10.6 Å². The summed E-state index contributed by atoms with van der Waals surface area (Å²) in [4.78, 5) is 12.8. The van der Waals surface area contributed by atoms with E-state index >= 15 is 0 Å². The third-order valence-corrected chi connectivity index (χ3v) is 4.16. The molecule has 1 N–H and O–H groups in total. The zero-order valence-corrected chi connectivity index (χ0v) is 12.2. The van der Waals surface area contributed by atoms with Gasteiger partial charge in [-0.2, -0.15) is 0 Å². The van der Waals surface area contributed by atoms with E-state index in [0.29, 0.717) is 16.0 Å². The summed E-state index contributed by atoms with van der Waals surface area (Å²) in [6.45, 7) is 2.94. The Bertz CT molecular complexity index is 457. The van der Waals surface area contributed by atoms with Crippen molar-refractivity contribution in [3.8, 4) is 0 Å². The molecule has 1 saturated carbocycles. The summed E-state index contributed by atoms with van der Waals surface area (Å²) in [5.74, 6) is -0.0988. The minimum Gasteiger partial charge on any atom is -0.351 e. The molecule has 1 aromatic rings. The molecule has 0 aromatic heterocycles. The number of carbonyl (C=O) groups excluding carboxylic acids is 1. The van der Waals surface area contributed by atoms with Crippen molar-refractivity contribution in [3.05, 3.63) is 28.8 Å². The topological polar surface area (TPSA) is 29.1 Å². The van der Waals surface area contributed by atoms with Crippen LogP contribution in [0.4, 0.5) is 0 Å². The van der Waals surface area contributed by atoms with Gasteiger partial charge in [-0.3, -0.25) is 4.79 Å². The van der Waals surface area contributed by atoms with Crippen LogP contribution in [-0.4, -0.2) is 12.5 Å². The molecule has 1 amide bonds. The Morgan fingerprint density at radius 1 is 1.50 bits per heavy atom. The van der Waals surface area contributed by atoms with Gasteiger partial charge in [-0.1, -0.05) is 24.9 Å². The molecular formula is C14H18ClNOS. The summed E-state index contributed by atoms with van der Waals surface area (Å²) >= 11 is 10.3. The largest absolute Gasteiger partial charge is 0.351 e. The third kappa shape index (κ3) is 3.21. The highest BCUT2D eigenvalue weighted by Gasteiger charge is 2.41. The summed E-state index contributed by atoms with van der Waals surface area (Å²) in [6, 6.07) is 5.19. The van der Waals surface area contributed by atoms with Crippen LogP contribution in [0.1, 0.15) is 43.0 Å². The molecule has 0 saturated heterocycles. The summed E-state index contributed by atoms with van der Waals surface area (Å²) in [6.07, 6.45) is 4.80. The van der Waals surface area contributed by atoms with Crippen molar-refractivity contribution in [3.63, 3.8) is 0 Å². The van der Waals surface area contributed by atoms with Gasteiger partial charge in [0.15, 0.2) is 0 Å². The average molecular weight is 284 g/mol. The van der Waals surface area contributed by atoms with Crippen molar-refractivity contribution in [1.82, 2.24) is 5.32 Å². The van der Waals surface area contributed by atoms with Crippen LogP contribution < -0.4 is 5.32 Å². The maximum atomic E-state index is 12.1. The molecule has 2 nitrogen and oxygen atoms in total. The molecular weight excluding hydrogens is 266 g/mol. The summed E-state index contributed by atoms with van der Waals surface area (Å²) in [5.41, 5.74) is 0.867. The minimum atomic E-state index is -0.0988. The highest BCUT2D eigenvalue weighted by atomic mass is 35.5. The minimum absolute atomic E-state index is 0.0988. The number of amides is 1. The van der Waals surface area contributed by atoms with E-state index in [1.807, 2.05) is 0 Å². The number of halogens is 1. The smallest absolute Gasteiger partial charge is 0.252 e. The van der Waals surface area contributed by atoms with E-state index in [4.69, 9.17) is 11.6 Å². The zero-order valence-electron chi connectivity index (χ0n) is 10.5. The van der Waals surface area contributed by atoms with Crippen LogP contribution in [0.3, 0.4) is 0 Å². The monoisotopic (exact) mass is 283 g/mol. The van der Waals surface area contributed by atoms with E-state index in [0.717, 1.165) is 11.4 Å². The molecule has 18 heavy (non-hydrogen) atoms.